The number of anilines is 10. The number of hydrogen-bond acceptors (Lipinski definition) is 18. The summed E-state index contributed by atoms with van der Waals surface area (Å²) in [5.41, 5.74) is 2.98. The lowest BCUT2D eigenvalue weighted by Gasteiger charge is -2.11. The molecule has 0 radical (unpaired) electrons. The largest absolute Gasteiger partial charge is 0.478 e. The van der Waals surface area contributed by atoms with Crippen LogP contribution in [0.1, 0.15) is 11.6 Å². The lowest BCUT2D eigenvalue weighted by molar-refractivity contribution is -0.134. The molecule has 0 saturated carbocycles. The van der Waals surface area contributed by atoms with Gasteiger partial charge in [0.1, 0.15) is 23.3 Å². The van der Waals surface area contributed by atoms with Gasteiger partial charge in [-0.2, -0.15) is 29.9 Å². The van der Waals surface area contributed by atoms with E-state index in [1.807, 2.05) is 60.7 Å². The number of benzene rings is 4. The number of carbonyl (C=O) groups is 2. The van der Waals surface area contributed by atoms with Crippen molar-refractivity contribution in [1.82, 2.24) is 49.8 Å². The number of nitrogens with zero attached hydrogens (tertiary/aromatic N) is 10. The summed E-state index contributed by atoms with van der Waals surface area (Å²) in [4.78, 5) is 62.1. The maximum atomic E-state index is 13.2. The second-order valence-corrected chi connectivity index (χ2v) is 12.9. The lowest BCUT2D eigenvalue weighted by atomic mass is 10.3. The van der Waals surface area contributed by atoms with Gasteiger partial charge in [-0.05, 0) is 84.9 Å². The van der Waals surface area contributed by atoms with Crippen LogP contribution in [0.25, 0.3) is 0 Å². The van der Waals surface area contributed by atoms with Crippen molar-refractivity contribution in [3.8, 4) is 0 Å². The summed E-state index contributed by atoms with van der Waals surface area (Å²) < 4.78 is 26.3. The highest BCUT2D eigenvalue weighted by Gasteiger charge is 2.11. The van der Waals surface area contributed by atoms with Crippen molar-refractivity contribution in [2.45, 2.75) is 13.1 Å². The van der Waals surface area contributed by atoms with Crippen LogP contribution in [0.5, 0.6) is 0 Å². The highest BCUT2D eigenvalue weighted by molar-refractivity contribution is 5.89. The summed E-state index contributed by atoms with van der Waals surface area (Å²) in [6.07, 6.45) is 7.79. The van der Waals surface area contributed by atoms with Crippen LogP contribution >= 0.6 is 0 Å². The Balaban J connectivity index is 0.000000188. The Hall–Kier alpha value is -9.60. The molecule has 22 heteroatoms. The Bertz CT molecular complexity index is 2590. The highest BCUT2D eigenvalue weighted by Crippen LogP contribution is 2.21. The molecular formula is C44H38F2N16O4. The van der Waals surface area contributed by atoms with Crippen LogP contribution in [0.15, 0.2) is 158 Å². The number of halogens is 2. The minimum Gasteiger partial charge on any atom is -0.478 e. The predicted molar refractivity (Wildman–Crippen MR) is 242 cm³/mol. The standard InChI is InChI=1S/2C20H17FN8.C4H4O4/c2*21-14-7-9-16(10-8-14)26-20-28-18(24-13-17-22-11-4-12-23-17)27-19(29-20)25-15-5-2-1-3-6-15;5-3(6)1-2-4(7)8/h2*1-12H,13H2,(H3,24,25,26,27,28,29);1-2H,(H,5,6)(H,7,8)/b;;2-1+. The zero-order valence-corrected chi connectivity index (χ0v) is 34.4. The minimum absolute atomic E-state index is 0.307. The first kappa shape index (κ1) is 45.9. The first-order chi connectivity index (χ1) is 32.1. The van der Waals surface area contributed by atoms with Crippen molar-refractivity contribution >= 4 is 70.4 Å². The third-order valence-electron chi connectivity index (χ3n) is 7.95. The summed E-state index contributed by atoms with van der Waals surface area (Å²) in [6.45, 7) is 0.706. The molecule has 66 heavy (non-hydrogen) atoms. The maximum Gasteiger partial charge on any atom is 0.328 e. The maximum absolute atomic E-state index is 13.2. The van der Waals surface area contributed by atoms with E-state index in [0.717, 1.165) is 11.4 Å². The van der Waals surface area contributed by atoms with Crippen LogP contribution in [0.2, 0.25) is 0 Å². The topological polar surface area (TPSA) is 276 Å². The number of para-hydroxylation sites is 2. The van der Waals surface area contributed by atoms with Gasteiger partial charge in [0.2, 0.25) is 35.7 Å². The van der Waals surface area contributed by atoms with Gasteiger partial charge in [-0.1, -0.05) is 36.4 Å². The molecule has 332 valence electrons. The Morgan fingerprint density at radius 2 is 0.697 bits per heavy atom. The molecule has 4 aromatic carbocycles. The fraction of sp³-hybridized carbons (Fsp3) is 0.0455. The molecule has 0 fully saturated rings. The van der Waals surface area contributed by atoms with Gasteiger partial charge in [0.25, 0.3) is 0 Å². The number of rotatable bonds is 16. The molecule has 8 N–H and O–H groups in total. The lowest BCUT2D eigenvalue weighted by Crippen LogP contribution is -2.10. The van der Waals surface area contributed by atoms with Gasteiger partial charge in [0, 0.05) is 59.7 Å². The molecule has 0 unspecified atom stereocenters. The molecule has 0 amide bonds. The normalized spacial score (nSPS) is 10.3. The molecule has 0 aliphatic carbocycles. The summed E-state index contributed by atoms with van der Waals surface area (Å²) in [5, 5.41) is 34.2. The Morgan fingerprint density at radius 3 is 1.00 bits per heavy atom. The third kappa shape index (κ3) is 16.4. The molecule has 0 spiro atoms. The van der Waals surface area contributed by atoms with Crippen LogP contribution in [0.3, 0.4) is 0 Å². The van der Waals surface area contributed by atoms with E-state index in [2.05, 4.69) is 81.7 Å². The van der Waals surface area contributed by atoms with Crippen LogP contribution in [0, 0.1) is 11.6 Å². The monoisotopic (exact) mass is 892 g/mol. The van der Waals surface area contributed by atoms with E-state index in [4.69, 9.17) is 10.2 Å². The fourth-order valence-corrected chi connectivity index (χ4v) is 5.06. The number of carboxylic acid groups (broad SMARTS) is 2. The summed E-state index contributed by atoms with van der Waals surface area (Å²) in [5.74, 6) is 0.0798. The minimum atomic E-state index is -1.26. The van der Waals surface area contributed by atoms with Crippen LogP contribution in [-0.4, -0.2) is 72.0 Å². The molecule has 0 aliphatic rings. The summed E-state index contributed by atoms with van der Waals surface area (Å²) >= 11 is 0. The fourth-order valence-electron chi connectivity index (χ4n) is 5.06. The van der Waals surface area contributed by atoms with Gasteiger partial charge in [0.05, 0.1) is 13.1 Å². The number of nitrogens with one attached hydrogen (secondary N) is 6. The van der Waals surface area contributed by atoms with Crippen LogP contribution < -0.4 is 31.9 Å². The van der Waals surface area contributed by atoms with Gasteiger partial charge in [-0.3, -0.25) is 0 Å². The smallest absolute Gasteiger partial charge is 0.328 e. The average Bonchev–Trinajstić information content (AvgIpc) is 3.33. The summed E-state index contributed by atoms with van der Waals surface area (Å²) in [7, 11) is 0. The van der Waals surface area contributed by atoms with E-state index in [0.29, 0.717) is 84.0 Å². The predicted octanol–water partition coefficient (Wildman–Crippen LogP) is 7.51. The van der Waals surface area contributed by atoms with Crippen LogP contribution in [0.4, 0.5) is 67.2 Å². The van der Waals surface area contributed by atoms with Crippen molar-refractivity contribution in [2.75, 3.05) is 31.9 Å². The van der Waals surface area contributed by atoms with E-state index in [1.165, 1.54) is 24.3 Å². The highest BCUT2D eigenvalue weighted by atomic mass is 19.1. The molecule has 8 rings (SSSR count). The van der Waals surface area contributed by atoms with E-state index < -0.39 is 11.9 Å². The molecule has 0 aliphatic heterocycles. The van der Waals surface area contributed by atoms with Crippen molar-refractivity contribution in [3.05, 3.63) is 182 Å². The van der Waals surface area contributed by atoms with E-state index in [9.17, 15) is 18.4 Å². The molecule has 0 saturated heterocycles. The number of aliphatic carboxylic acids is 2. The molecule has 0 bridgehead atoms. The number of carboxylic acids is 2. The van der Waals surface area contributed by atoms with E-state index >= 15 is 0 Å². The number of aromatic nitrogens is 10. The zero-order chi connectivity index (χ0) is 46.4. The van der Waals surface area contributed by atoms with Crippen molar-refractivity contribution in [3.63, 3.8) is 0 Å². The quantitative estimate of drug-likeness (QED) is 0.0436. The molecule has 4 heterocycles. The molecule has 0 atom stereocenters. The zero-order valence-electron chi connectivity index (χ0n) is 34.4. The molecular weight excluding hydrogens is 855 g/mol. The molecule has 4 aromatic heterocycles. The second kappa shape index (κ2) is 24.1. The average molecular weight is 893 g/mol. The Labute approximate surface area is 374 Å². The van der Waals surface area contributed by atoms with Crippen molar-refractivity contribution in [1.29, 1.82) is 0 Å². The first-order valence-electron chi connectivity index (χ1n) is 19.5. The van der Waals surface area contributed by atoms with E-state index in [1.54, 1.807) is 61.2 Å². The second-order valence-electron chi connectivity index (χ2n) is 12.9. The number of hydrogen-bond donors (Lipinski definition) is 8. The van der Waals surface area contributed by atoms with Crippen LogP contribution in [-0.2, 0) is 22.7 Å². The van der Waals surface area contributed by atoms with Gasteiger partial charge in [-0.15, -0.1) is 0 Å². The van der Waals surface area contributed by atoms with Gasteiger partial charge in [-0.25, -0.2) is 38.3 Å². The molecule has 20 nitrogen and oxygen atoms in total. The van der Waals surface area contributed by atoms with Crippen molar-refractivity contribution < 1.29 is 28.6 Å². The first-order valence-corrected chi connectivity index (χ1v) is 19.5. The van der Waals surface area contributed by atoms with E-state index in [-0.39, 0.29) is 11.6 Å². The Morgan fingerprint density at radius 1 is 0.409 bits per heavy atom. The van der Waals surface area contributed by atoms with Gasteiger partial charge >= 0.3 is 11.9 Å². The van der Waals surface area contributed by atoms with Gasteiger partial charge in [0.15, 0.2) is 0 Å². The van der Waals surface area contributed by atoms with Gasteiger partial charge < -0.3 is 42.1 Å². The SMILES string of the molecule is Fc1ccc(Nc2nc(NCc3ncccn3)nc(Nc3ccccc3)n2)cc1.Fc1ccc(Nc2nc(NCc3ncccn3)nc(Nc3ccccc3)n2)cc1.O=C(O)/C=C/C(=O)O. The third-order valence-corrected chi connectivity index (χ3v) is 7.95. The molecule has 8 aromatic rings. The Kier molecular flexibility index (Phi) is 16.8. The van der Waals surface area contributed by atoms with Crippen molar-refractivity contribution in [2.24, 2.45) is 0 Å². The summed E-state index contributed by atoms with van der Waals surface area (Å²) in [6, 6.07) is 34.5.